The van der Waals surface area contributed by atoms with E-state index in [4.69, 9.17) is 4.98 Å². The van der Waals surface area contributed by atoms with Crippen LogP contribution in [0, 0.1) is 18.7 Å². The number of rotatable bonds is 6. The van der Waals surface area contributed by atoms with E-state index in [-0.39, 0.29) is 11.7 Å². The summed E-state index contributed by atoms with van der Waals surface area (Å²) in [5.74, 6) is 2.06. The summed E-state index contributed by atoms with van der Waals surface area (Å²) < 4.78 is 13.8. The van der Waals surface area contributed by atoms with Gasteiger partial charge in [0.15, 0.2) is 0 Å². The Morgan fingerprint density at radius 3 is 2.67 bits per heavy atom. The van der Waals surface area contributed by atoms with Gasteiger partial charge in [-0.25, -0.2) is 14.4 Å². The predicted octanol–water partition coefficient (Wildman–Crippen LogP) is 4.16. The highest BCUT2D eigenvalue weighted by Gasteiger charge is 2.23. The molecular weight excluding hydrogens is 379 g/mol. The molecule has 0 radical (unpaired) electrons. The van der Waals surface area contributed by atoms with Gasteiger partial charge in [0.1, 0.15) is 17.5 Å². The highest BCUT2D eigenvalue weighted by Crippen LogP contribution is 2.26. The van der Waals surface area contributed by atoms with E-state index in [9.17, 15) is 9.18 Å². The molecule has 1 aromatic carbocycles. The lowest BCUT2D eigenvalue weighted by atomic mass is 10.0. The van der Waals surface area contributed by atoms with E-state index in [1.807, 2.05) is 17.9 Å². The summed E-state index contributed by atoms with van der Waals surface area (Å²) in [6, 6.07) is 6.74. The smallest absolute Gasteiger partial charge is 0.222 e. The quantitative estimate of drug-likeness (QED) is 0.715. The number of carbonyl (C=O) groups excluding carboxylic acids is 1. The Balaban J connectivity index is 1.87. The fourth-order valence-electron chi connectivity index (χ4n) is 4.08. The number of carbonyl (C=O) groups is 1. The van der Waals surface area contributed by atoms with Gasteiger partial charge in [-0.05, 0) is 43.4 Å². The van der Waals surface area contributed by atoms with Crippen molar-refractivity contribution in [1.82, 2.24) is 14.9 Å². The minimum Gasteiger partial charge on any atom is -0.354 e. The average Bonchev–Trinajstić information content (AvgIpc) is 2.95. The molecule has 0 atom stereocenters. The fraction of sp³-hybridized carbons (Fsp3) is 0.542. The van der Waals surface area contributed by atoms with Crippen molar-refractivity contribution in [1.29, 1.82) is 0 Å². The first-order valence-electron chi connectivity index (χ1n) is 11.0. The largest absolute Gasteiger partial charge is 0.354 e. The minimum atomic E-state index is -0.228. The average molecular weight is 413 g/mol. The van der Waals surface area contributed by atoms with Crippen molar-refractivity contribution in [2.75, 3.05) is 31.1 Å². The predicted molar refractivity (Wildman–Crippen MR) is 118 cm³/mol. The van der Waals surface area contributed by atoms with Gasteiger partial charge in [0.05, 0.1) is 0 Å². The van der Waals surface area contributed by atoms with Crippen molar-refractivity contribution in [3.05, 3.63) is 52.7 Å². The number of amides is 1. The maximum absolute atomic E-state index is 13.8. The van der Waals surface area contributed by atoms with Crippen LogP contribution >= 0.6 is 0 Å². The molecule has 1 aliphatic rings. The standard InChI is InChI=1S/C24H33FN4O/c1-5-22-21(16-19-8-6-9-20(25)15-19)24(27-18(4)26-22)29-11-7-10-28(12-13-29)23(30)14-17(2)3/h6,8-9,15,17H,5,7,10-14,16H2,1-4H3. The summed E-state index contributed by atoms with van der Waals surface area (Å²) in [4.78, 5) is 26.3. The fourth-order valence-corrected chi connectivity index (χ4v) is 4.08. The van der Waals surface area contributed by atoms with E-state index in [0.717, 1.165) is 60.9 Å². The molecule has 0 spiro atoms. The van der Waals surface area contributed by atoms with E-state index in [2.05, 4.69) is 30.7 Å². The van der Waals surface area contributed by atoms with Gasteiger partial charge >= 0.3 is 0 Å². The van der Waals surface area contributed by atoms with E-state index in [0.29, 0.717) is 25.3 Å². The Morgan fingerprint density at radius 2 is 1.97 bits per heavy atom. The van der Waals surface area contributed by atoms with Crippen LogP contribution in [0.15, 0.2) is 24.3 Å². The van der Waals surface area contributed by atoms with Gasteiger partial charge in [-0.1, -0.05) is 32.9 Å². The third-order valence-electron chi connectivity index (χ3n) is 5.52. The maximum atomic E-state index is 13.8. The molecule has 1 saturated heterocycles. The molecule has 3 rings (SSSR count). The minimum absolute atomic E-state index is 0.228. The Morgan fingerprint density at radius 1 is 1.17 bits per heavy atom. The van der Waals surface area contributed by atoms with Crippen LogP contribution < -0.4 is 4.90 Å². The van der Waals surface area contributed by atoms with Gasteiger partial charge in [0, 0.05) is 50.3 Å². The van der Waals surface area contributed by atoms with Gasteiger partial charge in [0.25, 0.3) is 0 Å². The highest BCUT2D eigenvalue weighted by atomic mass is 19.1. The van der Waals surface area contributed by atoms with E-state index >= 15 is 0 Å². The summed E-state index contributed by atoms with van der Waals surface area (Å²) in [5, 5.41) is 0. The van der Waals surface area contributed by atoms with Crippen molar-refractivity contribution >= 4 is 11.7 Å². The Bertz CT molecular complexity index is 884. The van der Waals surface area contributed by atoms with E-state index in [1.165, 1.54) is 6.07 Å². The second-order valence-corrected chi connectivity index (χ2v) is 8.50. The number of hydrogen-bond donors (Lipinski definition) is 0. The SMILES string of the molecule is CCc1nc(C)nc(N2CCCN(C(=O)CC(C)C)CC2)c1Cc1cccc(F)c1. The molecule has 0 aliphatic carbocycles. The summed E-state index contributed by atoms with van der Waals surface area (Å²) in [5.41, 5.74) is 3.00. The molecule has 1 fully saturated rings. The third-order valence-corrected chi connectivity index (χ3v) is 5.52. The molecule has 30 heavy (non-hydrogen) atoms. The number of benzene rings is 1. The molecule has 0 bridgehead atoms. The molecule has 1 aliphatic heterocycles. The summed E-state index contributed by atoms with van der Waals surface area (Å²) in [6.07, 6.45) is 2.90. The van der Waals surface area contributed by atoms with Crippen molar-refractivity contribution in [2.45, 2.75) is 53.4 Å². The normalized spacial score (nSPS) is 14.9. The molecule has 0 unspecified atom stereocenters. The monoisotopic (exact) mass is 412 g/mol. The van der Waals surface area contributed by atoms with E-state index in [1.54, 1.807) is 12.1 Å². The van der Waals surface area contributed by atoms with Crippen LogP contribution in [0.1, 0.15) is 56.3 Å². The highest BCUT2D eigenvalue weighted by molar-refractivity contribution is 5.76. The van der Waals surface area contributed by atoms with Gasteiger partial charge in [0.2, 0.25) is 5.91 Å². The number of nitrogens with zero attached hydrogens (tertiary/aromatic N) is 4. The first-order chi connectivity index (χ1) is 14.4. The van der Waals surface area contributed by atoms with Crippen molar-refractivity contribution < 1.29 is 9.18 Å². The lowest BCUT2D eigenvalue weighted by molar-refractivity contribution is -0.131. The molecule has 0 N–H and O–H groups in total. The molecule has 2 aromatic rings. The van der Waals surface area contributed by atoms with Crippen molar-refractivity contribution in [2.24, 2.45) is 5.92 Å². The molecule has 2 heterocycles. The molecule has 162 valence electrons. The van der Waals surface area contributed by atoms with Crippen molar-refractivity contribution in [3.8, 4) is 0 Å². The maximum Gasteiger partial charge on any atom is 0.222 e. The molecule has 6 heteroatoms. The zero-order valence-corrected chi connectivity index (χ0v) is 18.6. The van der Waals surface area contributed by atoms with Crippen LogP contribution in [0.25, 0.3) is 0 Å². The van der Waals surface area contributed by atoms with Crippen LogP contribution in [-0.4, -0.2) is 47.0 Å². The van der Waals surface area contributed by atoms with Crippen LogP contribution in [0.2, 0.25) is 0 Å². The molecule has 1 amide bonds. The van der Waals surface area contributed by atoms with Gasteiger partial charge in [-0.3, -0.25) is 4.79 Å². The van der Waals surface area contributed by atoms with E-state index < -0.39 is 0 Å². The lowest BCUT2D eigenvalue weighted by Crippen LogP contribution is -2.36. The zero-order valence-electron chi connectivity index (χ0n) is 18.6. The third kappa shape index (κ3) is 5.55. The second-order valence-electron chi connectivity index (χ2n) is 8.50. The summed E-state index contributed by atoms with van der Waals surface area (Å²) >= 11 is 0. The van der Waals surface area contributed by atoms with Crippen molar-refractivity contribution in [3.63, 3.8) is 0 Å². The molecule has 0 saturated carbocycles. The van der Waals surface area contributed by atoms with Crippen LogP contribution in [0.5, 0.6) is 0 Å². The number of aromatic nitrogens is 2. The van der Waals surface area contributed by atoms with Gasteiger partial charge in [-0.2, -0.15) is 0 Å². The zero-order chi connectivity index (χ0) is 21.7. The Labute approximate surface area is 179 Å². The van der Waals surface area contributed by atoms with Gasteiger partial charge < -0.3 is 9.80 Å². The topological polar surface area (TPSA) is 49.3 Å². The molecule has 1 aromatic heterocycles. The van der Waals surface area contributed by atoms with Gasteiger partial charge in [-0.15, -0.1) is 0 Å². The van der Waals surface area contributed by atoms with Crippen LogP contribution in [0.3, 0.4) is 0 Å². The number of halogens is 1. The number of hydrogen-bond acceptors (Lipinski definition) is 4. The molecular formula is C24H33FN4O. The van der Waals surface area contributed by atoms with Crippen LogP contribution in [0.4, 0.5) is 10.2 Å². The molecule has 5 nitrogen and oxygen atoms in total. The lowest BCUT2D eigenvalue weighted by Gasteiger charge is -2.26. The Hall–Kier alpha value is -2.50. The first kappa shape index (κ1) is 22.2. The summed E-state index contributed by atoms with van der Waals surface area (Å²) in [7, 11) is 0. The summed E-state index contributed by atoms with van der Waals surface area (Å²) in [6.45, 7) is 11.3. The second kappa shape index (κ2) is 10.0. The number of aryl methyl sites for hydroxylation is 2. The van der Waals surface area contributed by atoms with Crippen LogP contribution in [-0.2, 0) is 17.6 Å². The Kier molecular flexibility index (Phi) is 7.40. The number of anilines is 1. The first-order valence-corrected chi connectivity index (χ1v) is 11.0.